The summed E-state index contributed by atoms with van der Waals surface area (Å²) in [6.07, 6.45) is 9.14. The predicted molar refractivity (Wildman–Crippen MR) is 92.0 cm³/mol. The first-order valence-electron chi connectivity index (χ1n) is 9.00. The van der Waals surface area contributed by atoms with Crippen molar-refractivity contribution in [2.75, 3.05) is 19.6 Å². The Morgan fingerprint density at radius 1 is 1.20 bits per heavy atom. The van der Waals surface area contributed by atoms with E-state index in [-0.39, 0.29) is 17.9 Å². The molecule has 2 atom stereocenters. The largest absolute Gasteiger partial charge is 0.343 e. The molecule has 0 aromatic carbocycles. The first-order valence-corrected chi connectivity index (χ1v) is 9.00. The number of aromatic nitrogens is 3. The smallest absolute Gasteiger partial charge is 0.259 e. The number of hydrogen-bond donors (Lipinski definition) is 0. The van der Waals surface area contributed by atoms with Crippen LogP contribution in [0.15, 0.2) is 24.7 Å². The maximum atomic E-state index is 13.2. The minimum atomic E-state index is 0.0156. The summed E-state index contributed by atoms with van der Waals surface area (Å²) in [5, 5.41) is 4.25. The van der Waals surface area contributed by atoms with E-state index in [0.717, 1.165) is 45.3 Å². The molecule has 132 valence electrons. The van der Waals surface area contributed by atoms with Crippen LogP contribution >= 0.6 is 0 Å². The van der Waals surface area contributed by atoms with E-state index in [1.54, 1.807) is 36.1 Å². The Balaban J connectivity index is 1.62. The minimum absolute atomic E-state index is 0.0156. The van der Waals surface area contributed by atoms with Crippen molar-refractivity contribution in [3.63, 3.8) is 0 Å². The molecule has 2 saturated heterocycles. The van der Waals surface area contributed by atoms with E-state index in [9.17, 15) is 9.59 Å². The van der Waals surface area contributed by atoms with E-state index in [1.165, 1.54) is 0 Å². The zero-order valence-electron chi connectivity index (χ0n) is 14.5. The summed E-state index contributed by atoms with van der Waals surface area (Å²) in [6, 6.07) is 2.00. The summed E-state index contributed by atoms with van der Waals surface area (Å²) < 4.78 is 1.64. The summed E-state index contributed by atoms with van der Waals surface area (Å²) in [4.78, 5) is 33.2. The normalized spacial score (nSPS) is 24.0. The second kappa shape index (κ2) is 6.46. The van der Waals surface area contributed by atoms with Gasteiger partial charge in [-0.1, -0.05) is 6.42 Å². The summed E-state index contributed by atoms with van der Waals surface area (Å²) in [6.45, 7) is 3.89. The molecule has 7 heteroatoms. The number of carbonyl (C=O) groups is 2. The van der Waals surface area contributed by atoms with E-state index in [2.05, 4.69) is 10.1 Å². The van der Waals surface area contributed by atoms with Gasteiger partial charge in [0.05, 0.1) is 6.20 Å². The first kappa shape index (κ1) is 16.1. The number of likely N-dealkylation sites (tertiary alicyclic amines) is 2. The van der Waals surface area contributed by atoms with Gasteiger partial charge in [-0.25, -0.2) is 9.50 Å². The number of carbonyl (C=O) groups excluding carboxylic acids is 2. The fourth-order valence-corrected chi connectivity index (χ4v) is 4.24. The molecule has 0 aliphatic carbocycles. The van der Waals surface area contributed by atoms with Gasteiger partial charge in [-0.3, -0.25) is 9.59 Å². The Morgan fingerprint density at radius 3 is 2.92 bits per heavy atom. The van der Waals surface area contributed by atoms with Gasteiger partial charge in [-0.15, -0.1) is 0 Å². The monoisotopic (exact) mass is 341 g/mol. The first-order chi connectivity index (χ1) is 12.1. The molecule has 25 heavy (non-hydrogen) atoms. The Labute approximate surface area is 146 Å². The lowest BCUT2D eigenvalue weighted by molar-refractivity contribution is -0.131. The molecule has 4 heterocycles. The van der Waals surface area contributed by atoms with Crippen LogP contribution < -0.4 is 0 Å². The molecule has 4 rings (SSSR count). The lowest BCUT2D eigenvalue weighted by Gasteiger charge is -2.42. The Bertz CT molecular complexity index is 802. The van der Waals surface area contributed by atoms with Crippen LogP contribution in [-0.2, 0) is 4.79 Å². The fraction of sp³-hybridized carbons (Fsp3) is 0.556. The van der Waals surface area contributed by atoms with Crippen LogP contribution in [0, 0.1) is 5.92 Å². The van der Waals surface area contributed by atoms with Crippen molar-refractivity contribution in [2.24, 2.45) is 5.92 Å². The van der Waals surface area contributed by atoms with Gasteiger partial charge in [0.15, 0.2) is 5.65 Å². The third-order valence-electron chi connectivity index (χ3n) is 5.53. The molecule has 2 aliphatic heterocycles. The van der Waals surface area contributed by atoms with Gasteiger partial charge in [-0.2, -0.15) is 5.10 Å². The van der Waals surface area contributed by atoms with Gasteiger partial charge in [0, 0.05) is 45.0 Å². The highest BCUT2D eigenvalue weighted by atomic mass is 16.2. The van der Waals surface area contributed by atoms with Crippen molar-refractivity contribution in [3.8, 4) is 0 Å². The number of fused-ring (bicyclic) bond motifs is 2. The van der Waals surface area contributed by atoms with E-state index >= 15 is 0 Å². The van der Waals surface area contributed by atoms with Gasteiger partial charge < -0.3 is 9.80 Å². The fourth-order valence-electron chi connectivity index (χ4n) is 4.24. The number of nitrogens with zero attached hydrogens (tertiary/aromatic N) is 5. The molecule has 0 unspecified atom stereocenters. The van der Waals surface area contributed by atoms with Gasteiger partial charge >= 0.3 is 0 Å². The van der Waals surface area contributed by atoms with E-state index < -0.39 is 0 Å². The molecule has 0 radical (unpaired) electrons. The van der Waals surface area contributed by atoms with Gasteiger partial charge in [0.25, 0.3) is 5.91 Å². The van der Waals surface area contributed by atoms with Crippen LogP contribution in [0.1, 0.15) is 43.0 Å². The van der Waals surface area contributed by atoms with Crippen molar-refractivity contribution < 1.29 is 9.59 Å². The SMILES string of the molecule is CC(=O)N1CC[C@@H]2[C@H](CCCCN2C(=O)c2cnn3cccnc23)C1. The third-order valence-corrected chi connectivity index (χ3v) is 5.53. The molecule has 0 saturated carbocycles. The number of piperidine rings is 1. The molecule has 0 bridgehead atoms. The summed E-state index contributed by atoms with van der Waals surface area (Å²) in [7, 11) is 0. The van der Waals surface area contributed by atoms with Crippen LogP contribution in [0.3, 0.4) is 0 Å². The molecule has 7 nitrogen and oxygen atoms in total. The second-order valence-corrected chi connectivity index (χ2v) is 7.02. The summed E-state index contributed by atoms with van der Waals surface area (Å²) >= 11 is 0. The maximum absolute atomic E-state index is 13.2. The molecule has 2 fully saturated rings. The summed E-state index contributed by atoms with van der Waals surface area (Å²) in [5.41, 5.74) is 1.17. The average Bonchev–Trinajstić information content (AvgIpc) is 2.94. The second-order valence-electron chi connectivity index (χ2n) is 7.02. The highest BCUT2D eigenvalue weighted by molar-refractivity contribution is 5.99. The van der Waals surface area contributed by atoms with Crippen molar-refractivity contribution in [1.29, 1.82) is 0 Å². The van der Waals surface area contributed by atoms with Gasteiger partial charge in [-0.05, 0) is 31.2 Å². The zero-order valence-corrected chi connectivity index (χ0v) is 14.5. The highest BCUT2D eigenvalue weighted by Crippen LogP contribution is 2.31. The molecule has 0 spiro atoms. The van der Waals surface area contributed by atoms with Crippen molar-refractivity contribution >= 4 is 17.5 Å². The lowest BCUT2D eigenvalue weighted by atomic mass is 9.88. The molecule has 0 N–H and O–H groups in total. The van der Waals surface area contributed by atoms with Crippen molar-refractivity contribution in [1.82, 2.24) is 24.4 Å². The van der Waals surface area contributed by atoms with Gasteiger partial charge in [0.1, 0.15) is 5.56 Å². The Morgan fingerprint density at radius 2 is 2.08 bits per heavy atom. The van der Waals surface area contributed by atoms with E-state index in [4.69, 9.17) is 0 Å². The maximum Gasteiger partial charge on any atom is 0.259 e. The van der Waals surface area contributed by atoms with Crippen molar-refractivity contribution in [3.05, 3.63) is 30.2 Å². The van der Waals surface area contributed by atoms with Crippen LogP contribution in [0.5, 0.6) is 0 Å². The molecule has 2 aromatic heterocycles. The van der Waals surface area contributed by atoms with Gasteiger partial charge in [0.2, 0.25) is 5.91 Å². The minimum Gasteiger partial charge on any atom is -0.343 e. The highest BCUT2D eigenvalue weighted by Gasteiger charge is 2.38. The number of amides is 2. The van der Waals surface area contributed by atoms with Crippen LogP contribution in [0.4, 0.5) is 0 Å². The number of hydrogen-bond acceptors (Lipinski definition) is 4. The van der Waals surface area contributed by atoms with Crippen LogP contribution in [0.2, 0.25) is 0 Å². The molecular formula is C18H23N5O2. The molecule has 2 aliphatic rings. The summed E-state index contributed by atoms with van der Waals surface area (Å²) in [5.74, 6) is 0.508. The Kier molecular flexibility index (Phi) is 4.15. The lowest BCUT2D eigenvalue weighted by Crippen LogP contribution is -2.53. The topological polar surface area (TPSA) is 70.8 Å². The van der Waals surface area contributed by atoms with Crippen LogP contribution in [0.25, 0.3) is 5.65 Å². The predicted octanol–water partition coefficient (Wildman–Crippen LogP) is 1.59. The van der Waals surface area contributed by atoms with Crippen LogP contribution in [-0.4, -0.2) is 61.9 Å². The molecular weight excluding hydrogens is 318 g/mol. The standard InChI is InChI=1S/C18H23N5O2/c1-13(24)21-10-6-16-14(12-21)5-2-3-8-22(16)18(25)15-11-20-23-9-4-7-19-17(15)23/h4,7,9,11,14,16H,2-3,5-6,8,10,12H2,1H3/t14-,16-/m1/s1. The molecule has 2 aromatic rings. The van der Waals surface area contributed by atoms with E-state index in [0.29, 0.717) is 17.1 Å². The zero-order chi connectivity index (χ0) is 17.4. The number of rotatable bonds is 1. The average molecular weight is 341 g/mol. The quantitative estimate of drug-likeness (QED) is 0.790. The molecule has 2 amide bonds. The van der Waals surface area contributed by atoms with E-state index in [1.807, 2.05) is 9.80 Å². The third kappa shape index (κ3) is 2.88. The Hall–Kier alpha value is -2.44. The van der Waals surface area contributed by atoms with Crippen molar-refractivity contribution in [2.45, 2.75) is 38.6 Å².